The first-order chi connectivity index (χ1) is 46.4. The van der Waals surface area contributed by atoms with E-state index in [9.17, 15) is 77.3 Å². The molecule has 2 aliphatic heterocycles. The molecule has 0 spiro atoms. The van der Waals surface area contributed by atoms with Crippen LogP contribution < -0.4 is 31.9 Å². The molecule has 0 aromatic heterocycles. The number of rotatable bonds is 63. The SMILES string of the molecule is O=C(CC[C@H](NC(=O)CCCCCCCCCCCCCCCCCCC(=O)N[C@@H](CCC(=O)NCCOCCOCC(=O)NCCOCCOCC(=O)ON1C(=O)CCC1=O)C(=O)O)C(=O)O)NCCOCCOCC(=O)NCCOCCOCC(=O)ON1C(=O)CCC1=O. The molecule has 10 amide bonds. The fraction of sp³-hybridized carbons (Fsp3) is 0.774. The lowest BCUT2D eigenvalue weighted by Crippen LogP contribution is -2.41. The van der Waals surface area contributed by atoms with E-state index in [4.69, 9.17) is 37.9 Å². The first-order valence-electron chi connectivity index (χ1n) is 33.2. The van der Waals surface area contributed by atoms with Gasteiger partial charge in [0.1, 0.15) is 38.5 Å². The van der Waals surface area contributed by atoms with Crippen molar-refractivity contribution in [3.63, 3.8) is 0 Å². The highest BCUT2D eigenvalue weighted by Gasteiger charge is 2.34. The molecular formula is C62H102N8O26. The quantitative estimate of drug-likeness (QED) is 0.0304. The molecule has 546 valence electrons. The number of unbranched alkanes of at least 4 members (excludes halogenated alkanes) is 15. The van der Waals surface area contributed by atoms with Crippen LogP contribution in [0.15, 0.2) is 0 Å². The Morgan fingerprint density at radius 2 is 0.562 bits per heavy atom. The van der Waals surface area contributed by atoms with Crippen LogP contribution in [-0.4, -0.2) is 247 Å². The van der Waals surface area contributed by atoms with Gasteiger partial charge in [-0.25, -0.2) is 19.2 Å². The van der Waals surface area contributed by atoms with Crippen LogP contribution in [0.1, 0.15) is 167 Å². The van der Waals surface area contributed by atoms with Crippen LogP contribution in [0.4, 0.5) is 0 Å². The maximum absolute atomic E-state index is 12.5. The van der Waals surface area contributed by atoms with Gasteiger partial charge in [-0.05, 0) is 25.7 Å². The summed E-state index contributed by atoms with van der Waals surface area (Å²) < 4.78 is 42.0. The van der Waals surface area contributed by atoms with E-state index in [1.54, 1.807) is 0 Å². The van der Waals surface area contributed by atoms with Crippen LogP contribution >= 0.6 is 0 Å². The largest absolute Gasteiger partial charge is 0.480 e. The summed E-state index contributed by atoms with van der Waals surface area (Å²) in [5.74, 6) is -8.84. The molecule has 2 atom stereocenters. The third-order valence-electron chi connectivity index (χ3n) is 14.2. The number of hydroxylamine groups is 4. The predicted molar refractivity (Wildman–Crippen MR) is 334 cm³/mol. The highest BCUT2D eigenvalue weighted by Crippen LogP contribution is 2.16. The molecule has 0 saturated carbocycles. The first kappa shape index (κ1) is 84.7. The molecular weight excluding hydrogens is 1270 g/mol. The monoisotopic (exact) mass is 1370 g/mol. The van der Waals surface area contributed by atoms with Gasteiger partial charge in [0, 0.05) is 77.5 Å². The first-order valence-corrected chi connectivity index (χ1v) is 33.2. The second-order valence-corrected chi connectivity index (χ2v) is 22.3. The number of nitrogens with one attached hydrogen (secondary N) is 6. The molecule has 2 aliphatic rings. The van der Waals surface area contributed by atoms with Gasteiger partial charge in [0.05, 0.1) is 79.3 Å². The minimum absolute atomic E-state index is 0.00988. The molecule has 96 heavy (non-hydrogen) atoms. The Bertz CT molecular complexity index is 2180. The zero-order chi connectivity index (χ0) is 70.2. The minimum atomic E-state index is -1.22. The molecule has 34 heteroatoms. The van der Waals surface area contributed by atoms with Crippen molar-refractivity contribution in [2.24, 2.45) is 0 Å². The normalized spacial score (nSPS) is 13.5. The van der Waals surface area contributed by atoms with Crippen molar-refractivity contribution < 1.29 is 125 Å². The van der Waals surface area contributed by atoms with Gasteiger partial charge in [-0.3, -0.25) is 47.9 Å². The number of carboxylic acids is 2. The summed E-state index contributed by atoms with van der Waals surface area (Å²) in [7, 11) is 0. The van der Waals surface area contributed by atoms with E-state index in [2.05, 4.69) is 41.6 Å². The molecule has 0 aromatic carbocycles. The average Bonchev–Trinajstić information content (AvgIpc) is 1.96. The summed E-state index contributed by atoms with van der Waals surface area (Å²) in [5, 5.41) is 35.6. The Morgan fingerprint density at radius 3 is 0.844 bits per heavy atom. The molecule has 34 nitrogen and oxygen atoms in total. The van der Waals surface area contributed by atoms with E-state index in [0.717, 1.165) is 64.2 Å². The summed E-state index contributed by atoms with van der Waals surface area (Å²) in [6.45, 7) is 0.848. The number of hydrogen-bond acceptors (Lipinski definition) is 24. The predicted octanol–water partition coefficient (Wildman–Crippen LogP) is 0.519. The molecule has 0 bridgehead atoms. The molecule has 0 unspecified atom stereocenters. The van der Waals surface area contributed by atoms with E-state index >= 15 is 0 Å². The van der Waals surface area contributed by atoms with Gasteiger partial charge >= 0.3 is 23.9 Å². The number of aliphatic carboxylic acids is 2. The summed E-state index contributed by atoms with van der Waals surface area (Å²) in [6.07, 6.45) is 16.3. The van der Waals surface area contributed by atoms with Crippen molar-refractivity contribution in [2.45, 2.75) is 179 Å². The second kappa shape index (κ2) is 55.8. The van der Waals surface area contributed by atoms with Gasteiger partial charge < -0.3 is 89.7 Å². The van der Waals surface area contributed by atoms with E-state index in [1.807, 2.05) is 0 Å². The van der Waals surface area contributed by atoms with E-state index in [0.29, 0.717) is 23.0 Å². The van der Waals surface area contributed by atoms with Crippen molar-refractivity contribution in [3.8, 4) is 0 Å². The molecule has 8 N–H and O–H groups in total. The standard InChI is InChI=1S/C62H102N8O26/c71-49(63-27-31-87-35-39-91-43-53(75)65-29-33-89-37-41-93-45-59(81)95-69-55(77)23-24-56(69)78)21-19-47(61(83)84)67-51(73)17-15-13-11-9-7-5-3-1-2-4-6-8-10-12-14-16-18-52(74)68-48(62(85)86)20-22-50(72)64-28-32-88-36-40-92-44-54(76)66-30-34-90-38-42-94-46-60(82)96-70-57(79)25-26-58(70)80/h47-48H,1-46H2,(H,63,71)(H,64,72)(H,65,75)(H,66,76)(H,67,73)(H,68,74)(H,83,84)(H,85,86)/t47-,48-/m0/s1. The Labute approximate surface area is 559 Å². The lowest BCUT2D eigenvalue weighted by molar-refractivity contribution is -0.200. The van der Waals surface area contributed by atoms with Crippen molar-refractivity contribution in [2.75, 3.05) is 132 Å². The van der Waals surface area contributed by atoms with Gasteiger partial charge in [-0.15, -0.1) is 10.1 Å². The van der Waals surface area contributed by atoms with Crippen LogP contribution in [0.5, 0.6) is 0 Å². The van der Waals surface area contributed by atoms with Gasteiger partial charge in [-0.1, -0.05) is 89.9 Å². The highest BCUT2D eigenvalue weighted by atomic mass is 16.7. The maximum Gasteiger partial charge on any atom is 0.358 e. The molecule has 2 saturated heterocycles. The molecule has 0 aliphatic carbocycles. The number of imide groups is 2. The molecule has 0 aromatic rings. The summed E-state index contributed by atoms with van der Waals surface area (Å²) in [4.78, 5) is 175. The lowest BCUT2D eigenvalue weighted by Gasteiger charge is -2.14. The van der Waals surface area contributed by atoms with Crippen LogP contribution in [0.3, 0.4) is 0 Å². The van der Waals surface area contributed by atoms with Gasteiger partial charge in [-0.2, -0.15) is 0 Å². The fourth-order valence-electron chi connectivity index (χ4n) is 9.07. The van der Waals surface area contributed by atoms with Crippen LogP contribution in [0.25, 0.3) is 0 Å². The Hall–Kier alpha value is -7.34. The van der Waals surface area contributed by atoms with Gasteiger partial charge in [0.25, 0.3) is 23.6 Å². The number of hydrogen-bond donors (Lipinski definition) is 8. The fourth-order valence-corrected chi connectivity index (χ4v) is 9.07. The molecule has 0 radical (unpaired) electrons. The maximum atomic E-state index is 12.5. The Balaban J connectivity index is 1.30. The van der Waals surface area contributed by atoms with Gasteiger partial charge in [0.2, 0.25) is 35.4 Å². The minimum Gasteiger partial charge on any atom is -0.480 e. The number of carbonyl (C=O) groups is 14. The third-order valence-corrected chi connectivity index (χ3v) is 14.2. The van der Waals surface area contributed by atoms with Crippen molar-refractivity contribution in [1.29, 1.82) is 0 Å². The van der Waals surface area contributed by atoms with E-state index in [-0.39, 0.29) is 207 Å². The molecule has 2 heterocycles. The van der Waals surface area contributed by atoms with E-state index in [1.165, 1.54) is 25.7 Å². The number of carbonyl (C=O) groups excluding carboxylic acids is 12. The third kappa shape index (κ3) is 45.9. The topological polar surface area (TPSA) is 450 Å². The van der Waals surface area contributed by atoms with Crippen molar-refractivity contribution in [3.05, 3.63) is 0 Å². The van der Waals surface area contributed by atoms with Crippen molar-refractivity contribution in [1.82, 2.24) is 42.0 Å². The Kier molecular flexibility index (Phi) is 49.2. The highest BCUT2D eigenvalue weighted by molar-refractivity contribution is 6.02. The smallest absolute Gasteiger partial charge is 0.358 e. The lowest BCUT2D eigenvalue weighted by atomic mass is 10.0. The molecule has 2 fully saturated rings. The van der Waals surface area contributed by atoms with Crippen LogP contribution in [0, 0.1) is 0 Å². The number of ether oxygens (including phenoxy) is 8. The van der Waals surface area contributed by atoms with Crippen LogP contribution in [0.2, 0.25) is 0 Å². The number of amides is 10. The van der Waals surface area contributed by atoms with E-state index < -0.39 is 84.6 Å². The van der Waals surface area contributed by atoms with Crippen molar-refractivity contribution >= 4 is 82.9 Å². The average molecular weight is 1380 g/mol. The number of carboxylic acid groups (broad SMARTS) is 2. The summed E-state index contributed by atoms with van der Waals surface area (Å²) in [6, 6.07) is -2.38. The van der Waals surface area contributed by atoms with Gasteiger partial charge in [0.15, 0.2) is 0 Å². The second-order valence-electron chi connectivity index (χ2n) is 22.3. The number of nitrogens with zero attached hydrogens (tertiary/aromatic N) is 2. The summed E-state index contributed by atoms with van der Waals surface area (Å²) >= 11 is 0. The Morgan fingerprint density at radius 1 is 0.312 bits per heavy atom. The molecule has 2 rings (SSSR count). The summed E-state index contributed by atoms with van der Waals surface area (Å²) in [5.41, 5.74) is 0. The zero-order valence-corrected chi connectivity index (χ0v) is 55.3. The van der Waals surface area contributed by atoms with Crippen LogP contribution in [-0.2, 0) is 115 Å². The zero-order valence-electron chi connectivity index (χ0n) is 55.3.